The number of fused-ring (bicyclic) bond motifs is 3. The van der Waals surface area contributed by atoms with Crippen LogP contribution in [0.1, 0.15) is 0 Å². The van der Waals surface area contributed by atoms with E-state index in [0.29, 0.717) is 11.6 Å². The van der Waals surface area contributed by atoms with Crippen molar-refractivity contribution < 1.29 is 0 Å². The Hall–Kier alpha value is -7.50. The zero-order valence-corrected chi connectivity index (χ0v) is 29.8. The molecule has 5 heteroatoms. The van der Waals surface area contributed by atoms with Crippen LogP contribution in [0.25, 0.3) is 95.3 Å². The van der Waals surface area contributed by atoms with E-state index < -0.39 is 0 Å². The standard InChI is InChI=1S/C50H33N5/c1-5-17-34(18-6-1)43-33-44(35-19-7-2-8-20-35)52-49(51-43)39-25-15-23-37(31-39)38-24-16-26-40(32-38)50-53-46(36-21-9-3-10-22-36)48-47(54-50)42-29-13-14-30-45(42)55(48)41-27-11-4-12-28-41/h1-33H. The molecule has 0 radical (unpaired) electrons. The van der Waals surface area contributed by atoms with Crippen LogP contribution in [0.15, 0.2) is 200 Å². The highest BCUT2D eigenvalue weighted by molar-refractivity contribution is 6.11. The van der Waals surface area contributed by atoms with Gasteiger partial charge in [-0.3, -0.25) is 0 Å². The molecule has 55 heavy (non-hydrogen) atoms. The van der Waals surface area contributed by atoms with Gasteiger partial charge in [0.25, 0.3) is 0 Å². The first-order chi connectivity index (χ1) is 27.3. The zero-order valence-electron chi connectivity index (χ0n) is 29.8. The molecule has 0 spiro atoms. The fraction of sp³-hybridized carbons (Fsp3) is 0. The Morgan fingerprint density at radius 3 is 1.36 bits per heavy atom. The topological polar surface area (TPSA) is 56.5 Å². The number of rotatable bonds is 7. The lowest BCUT2D eigenvalue weighted by Crippen LogP contribution is -1.99. The van der Waals surface area contributed by atoms with Crippen LogP contribution in [0.2, 0.25) is 0 Å². The van der Waals surface area contributed by atoms with Gasteiger partial charge in [-0.15, -0.1) is 0 Å². The molecule has 3 aromatic heterocycles. The summed E-state index contributed by atoms with van der Waals surface area (Å²) in [5.41, 5.74) is 13.8. The summed E-state index contributed by atoms with van der Waals surface area (Å²) in [6.45, 7) is 0. The Labute approximate surface area is 318 Å². The molecule has 7 aromatic carbocycles. The molecule has 10 rings (SSSR count). The van der Waals surface area contributed by atoms with E-state index in [0.717, 1.165) is 83.6 Å². The first-order valence-electron chi connectivity index (χ1n) is 18.4. The SMILES string of the molecule is c1ccc(-c2cc(-c3ccccc3)nc(-c3cccc(-c4cccc(-c5nc(-c6ccccc6)c6c(n5)c5ccccc5n6-c5ccccc5)c4)c3)n2)cc1. The van der Waals surface area contributed by atoms with Crippen LogP contribution < -0.4 is 0 Å². The van der Waals surface area contributed by atoms with E-state index in [4.69, 9.17) is 19.9 Å². The molecule has 0 N–H and O–H groups in total. The Bertz CT molecular complexity index is 2900. The molecule has 0 fully saturated rings. The lowest BCUT2D eigenvalue weighted by molar-refractivity contribution is 1.15. The number of para-hydroxylation sites is 2. The quantitative estimate of drug-likeness (QED) is 0.166. The van der Waals surface area contributed by atoms with Crippen LogP contribution in [-0.2, 0) is 0 Å². The molecule has 0 saturated heterocycles. The first kappa shape index (κ1) is 32.2. The summed E-state index contributed by atoms with van der Waals surface area (Å²) in [6.07, 6.45) is 0. The van der Waals surface area contributed by atoms with Gasteiger partial charge in [0.1, 0.15) is 5.52 Å². The Morgan fingerprint density at radius 1 is 0.327 bits per heavy atom. The van der Waals surface area contributed by atoms with Crippen molar-refractivity contribution in [3.8, 4) is 73.4 Å². The number of benzene rings is 7. The Balaban J connectivity index is 1.11. The molecule has 0 amide bonds. The summed E-state index contributed by atoms with van der Waals surface area (Å²) < 4.78 is 2.29. The molecule has 10 aromatic rings. The van der Waals surface area contributed by atoms with Crippen molar-refractivity contribution in [1.82, 2.24) is 24.5 Å². The average Bonchev–Trinajstić information content (AvgIpc) is 3.61. The maximum atomic E-state index is 5.35. The van der Waals surface area contributed by atoms with Gasteiger partial charge in [0, 0.05) is 38.9 Å². The van der Waals surface area contributed by atoms with E-state index in [9.17, 15) is 0 Å². The van der Waals surface area contributed by atoms with Gasteiger partial charge in [-0.1, -0.05) is 164 Å². The van der Waals surface area contributed by atoms with E-state index in [1.165, 1.54) is 0 Å². The molecule has 258 valence electrons. The van der Waals surface area contributed by atoms with Crippen molar-refractivity contribution >= 4 is 21.9 Å². The summed E-state index contributed by atoms with van der Waals surface area (Å²) in [5, 5.41) is 1.08. The third-order valence-corrected chi connectivity index (χ3v) is 10.0. The fourth-order valence-corrected chi connectivity index (χ4v) is 7.38. The molecule has 0 unspecified atom stereocenters. The molecule has 0 aliphatic rings. The van der Waals surface area contributed by atoms with Crippen LogP contribution in [0, 0.1) is 0 Å². The highest BCUT2D eigenvalue weighted by atomic mass is 15.0. The van der Waals surface area contributed by atoms with E-state index in [1.807, 2.05) is 48.5 Å². The van der Waals surface area contributed by atoms with Crippen molar-refractivity contribution in [2.24, 2.45) is 0 Å². The zero-order chi connectivity index (χ0) is 36.6. The van der Waals surface area contributed by atoms with Gasteiger partial charge in [0.15, 0.2) is 11.6 Å². The third-order valence-electron chi connectivity index (χ3n) is 10.0. The van der Waals surface area contributed by atoms with Crippen molar-refractivity contribution in [2.45, 2.75) is 0 Å². The maximum Gasteiger partial charge on any atom is 0.160 e. The molecular formula is C50H33N5. The van der Waals surface area contributed by atoms with E-state index in [-0.39, 0.29) is 0 Å². The smallest absolute Gasteiger partial charge is 0.160 e. The van der Waals surface area contributed by atoms with Gasteiger partial charge in [0.05, 0.1) is 28.1 Å². The number of aromatic nitrogens is 5. The van der Waals surface area contributed by atoms with Crippen molar-refractivity contribution in [3.05, 3.63) is 200 Å². The monoisotopic (exact) mass is 703 g/mol. The molecule has 3 heterocycles. The van der Waals surface area contributed by atoms with Crippen LogP contribution >= 0.6 is 0 Å². The fourth-order valence-electron chi connectivity index (χ4n) is 7.38. The van der Waals surface area contributed by atoms with Crippen molar-refractivity contribution in [1.29, 1.82) is 0 Å². The highest BCUT2D eigenvalue weighted by Gasteiger charge is 2.21. The van der Waals surface area contributed by atoms with E-state index in [2.05, 4.69) is 156 Å². The molecule has 0 bridgehead atoms. The summed E-state index contributed by atoms with van der Waals surface area (Å²) in [7, 11) is 0. The summed E-state index contributed by atoms with van der Waals surface area (Å²) in [6, 6.07) is 68.9. The maximum absolute atomic E-state index is 5.35. The lowest BCUT2D eigenvalue weighted by Gasteiger charge is -2.13. The minimum absolute atomic E-state index is 0.673. The van der Waals surface area contributed by atoms with Gasteiger partial charge in [-0.2, -0.15) is 0 Å². The lowest BCUT2D eigenvalue weighted by atomic mass is 10.00. The second-order valence-electron chi connectivity index (χ2n) is 13.5. The van der Waals surface area contributed by atoms with Gasteiger partial charge in [0.2, 0.25) is 0 Å². The van der Waals surface area contributed by atoms with Gasteiger partial charge >= 0.3 is 0 Å². The predicted octanol–water partition coefficient (Wildman–Crippen LogP) is 12.4. The average molecular weight is 704 g/mol. The summed E-state index contributed by atoms with van der Waals surface area (Å²) in [4.78, 5) is 20.8. The predicted molar refractivity (Wildman–Crippen MR) is 225 cm³/mol. The molecule has 0 saturated carbocycles. The first-order valence-corrected chi connectivity index (χ1v) is 18.4. The second-order valence-corrected chi connectivity index (χ2v) is 13.5. The summed E-state index contributed by atoms with van der Waals surface area (Å²) in [5.74, 6) is 1.35. The Morgan fingerprint density at radius 2 is 0.782 bits per heavy atom. The molecular weight excluding hydrogens is 671 g/mol. The van der Waals surface area contributed by atoms with Crippen LogP contribution in [0.3, 0.4) is 0 Å². The minimum Gasteiger partial charge on any atom is -0.306 e. The van der Waals surface area contributed by atoms with Crippen LogP contribution in [0.5, 0.6) is 0 Å². The van der Waals surface area contributed by atoms with Crippen LogP contribution in [0.4, 0.5) is 0 Å². The normalized spacial score (nSPS) is 11.3. The van der Waals surface area contributed by atoms with Gasteiger partial charge in [-0.05, 0) is 47.5 Å². The summed E-state index contributed by atoms with van der Waals surface area (Å²) >= 11 is 0. The van der Waals surface area contributed by atoms with Gasteiger partial charge in [-0.25, -0.2) is 19.9 Å². The third kappa shape index (κ3) is 6.04. The van der Waals surface area contributed by atoms with Crippen LogP contribution in [-0.4, -0.2) is 24.5 Å². The molecule has 5 nitrogen and oxygen atoms in total. The van der Waals surface area contributed by atoms with Gasteiger partial charge < -0.3 is 4.57 Å². The molecule has 0 aliphatic heterocycles. The van der Waals surface area contributed by atoms with Crippen molar-refractivity contribution in [3.63, 3.8) is 0 Å². The molecule has 0 aliphatic carbocycles. The molecule has 0 atom stereocenters. The number of nitrogens with zero attached hydrogens (tertiary/aromatic N) is 5. The largest absolute Gasteiger partial charge is 0.306 e. The number of hydrogen-bond donors (Lipinski definition) is 0. The van der Waals surface area contributed by atoms with E-state index >= 15 is 0 Å². The Kier molecular flexibility index (Phi) is 8.08. The highest BCUT2D eigenvalue weighted by Crippen LogP contribution is 2.38. The second kappa shape index (κ2) is 13.8. The minimum atomic E-state index is 0.673. The van der Waals surface area contributed by atoms with Crippen molar-refractivity contribution in [2.75, 3.05) is 0 Å². The van der Waals surface area contributed by atoms with E-state index in [1.54, 1.807) is 0 Å². The number of hydrogen-bond acceptors (Lipinski definition) is 4.